The maximum absolute atomic E-state index is 15.2. The molecular weight excluding hydrogens is 526 g/mol. The lowest BCUT2D eigenvalue weighted by Crippen LogP contribution is -2.43. The zero-order chi connectivity index (χ0) is 28.2. The number of para-hydroxylation sites is 1. The Morgan fingerprint density at radius 1 is 1.03 bits per heavy atom. The van der Waals surface area contributed by atoms with E-state index in [1.165, 1.54) is 32.4 Å². The van der Waals surface area contributed by atoms with Gasteiger partial charge in [0, 0.05) is 24.2 Å². The molecule has 3 aromatic rings. The number of benzene rings is 3. The SMILES string of the molecule is CON(C)C(=O)[C@@]1(Cc2ccc(F)c(-c3cccc(F)c3OCc3ccccc3)c2)CC[C@H](NS(C)(=O)=O)C1. The summed E-state index contributed by atoms with van der Waals surface area (Å²) in [6.45, 7) is 0.103. The topological polar surface area (TPSA) is 84.9 Å². The molecule has 1 fully saturated rings. The summed E-state index contributed by atoms with van der Waals surface area (Å²) in [6, 6.07) is 17.6. The minimum Gasteiger partial charge on any atom is -0.485 e. The van der Waals surface area contributed by atoms with E-state index in [0.29, 0.717) is 18.4 Å². The predicted octanol–water partition coefficient (Wildman–Crippen LogP) is 4.86. The number of halogens is 2. The minimum atomic E-state index is -3.47. The summed E-state index contributed by atoms with van der Waals surface area (Å²) >= 11 is 0. The number of nitrogens with one attached hydrogen (secondary N) is 1. The molecule has 3 aromatic carbocycles. The van der Waals surface area contributed by atoms with Crippen LogP contribution in [0, 0.1) is 17.0 Å². The second-order valence-electron chi connectivity index (χ2n) is 9.98. The Labute approximate surface area is 227 Å². The molecule has 1 N–H and O–H groups in total. The molecule has 0 heterocycles. The van der Waals surface area contributed by atoms with Gasteiger partial charge < -0.3 is 4.74 Å². The molecule has 0 saturated heterocycles. The van der Waals surface area contributed by atoms with Crippen LogP contribution < -0.4 is 9.46 Å². The second-order valence-corrected chi connectivity index (χ2v) is 11.8. The number of hydrogen-bond acceptors (Lipinski definition) is 5. The van der Waals surface area contributed by atoms with Gasteiger partial charge in [-0.25, -0.2) is 27.0 Å². The van der Waals surface area contributed by atoms with Crippen molar-refractivity contribution in [3.8, 4) is 16.9 Å². The first-order valence-electron chi connectivity index (χ1n) is 12.5. The van der Waals surface area contributed by atoms with Crippen LogP contribution in [0.1, 0.15) is 30.4 Å². The van der Waals surface area contributed by atoms with Crippen molar-refractivity contribution in [3.63, 3.8) is 0 Å². The summed E-state index contributed by atoms with van der Waals surface area (Å²) in [4.78, 5) is 18.6. The van der Waals surface area contributed by atoms with Crippen molar-refractivity contribution < 1.29 is 31.6 Å². The standard InChI is InChI=1S/C29H32F2N2O5S/c1-33(37-2)28(34)29(15-14-22(18-29)32-39(3,35)36)17-21-12-13-25(30)24(16-21)23-10-7-11-26(31)27(23)38-19-20-8-5-4-6-9-20/h4-13,16,22,32H,14-15,17-19H2,1-3H3/t22-,29+/m0/s1. The van der Waals surface area contributed by atoms with Crippen LogP contribution in [0.3, 0.4) is 0 Å². The summed E-state index contributed by atoms with van der Waals surface area (Å²) in [5.74, 6) is -1.55. The fourth-order valence-corrected chi connectivity index (χ4v) is 6.06. The van der Waals surface area contributed by atoms with Gasteiger partial charge in [0.1, 0.15) is 12.4 Å². The molecule has 2 atom stereocenters. The molecule has 208 valence electrons. The summed E-state index contributed by atoms with van der Waals surface area (Å²) in [7, 11) is -0.591. The summed E-state index contributed by atoms with van der Waals surface area (Å²) in [5, 5.41) is 1.13. The number of rotatable bonds is 10. The average Bonchev–Trinajstić information content (AvgIpc) is 3.30. The number of amides is 1. The van der Waals surface area contributed by atoms with Crippen molar-refractivity contribution in [3.05, 3.63) is 89.5 Å². The third-order valence-corrected chi connectivity index (χ3v) is 7.82. The fraction of sp³-hybridized carbons (Fsp3) is 0.345. The van der Waals surface area contributed by atoms with Gasteiger partial charge in [-0.15, -0.1) is 0 Å². The first-order valence-corrected chi connectivity index (χ1v) is 14.4. The normalized spacial score (nSPS) is 19.2. The Hall–Kier alpha value is -3.34. The number of nitrogens with zero attached hydrogens (tertiary/aromatic N) is 1. The lowest BCUT2D eigenvalue weighted by molar-refractivity contribution is -0.180. The van der Waals surface area contributed by atoms with Crippen molar-refractivity contribution >= 4 is 15.9 Å². The Balaban J connectivity index is 1.67. The van der Waals surface area contributed by atoms with E-state index in [2.05, 4.69) is 4.72 Å². The van der Waals surface area contributed by atoms with Gasteiger partial charge in [0.05, 0.1) is 18.8 Å². The van der Waals surface area contributed by atoms with E-state index in [4.69, 9.17) is 9.57 Å². The highest BCUT2D eigenvalue weighted by molar-refractivity contribution is 7.88. The van der Waals surface area contributed by atoms with Crippen LogP contribution in [0.15, 0.2) is 66.7 Å². The van der Waals surface area contributed by atoms with Gasteiger partial charge in [-0.05, 0) is 55.0 Å². The molecule has 1 saturated carbocycles. The number of sulfonamides is 1. The zero-order valence-corrected chi connectivity index (χ0v) is 22.9. The van der Waals surface area contributed by atoms with Crippen molar-refractivity contribution in [1.82, 2.24) is 9.79 Å². The van der Waals surface area contributed by atoms with E-state index < -0.39 is 33.1 Å². The molecule has 0 aromatic heterocycles. The highest BCUT2D eigenvalue weighted by Crippen LogP contribution is 2.44. The quantitative estimate of drug-likeness (QED) is 0.359. The molecular formula is C29H32F2N2O5S. The van der Waals surface area contributed by atoms with Crippen LogP contribution in [-0.4, -0.2) is 45.8 Å². The summed E-state index contributed by atoms with van der Waals surface area (Å²) < 4.78 is 62.2. The molecule has 39 heavy (non-hydrogen) atoms. The van der Waals surface area contributed by atoms with E-state index in [0.717, 1.165) is 16.9 Å². The Morgan fingerprint density at radius 3 is 2.46 bits per heavy atom. The van der Waals surface area contributed by atoms with Gasteiger partial charge in [0.2, 0.25) is 10.0 Å². The lowest BCUT2D eigenvalue weighted by Gasteiger charge is -2.32. The van der Waals surface area contributed by atoms with Gasteiger partial charge in [0.15, 0.2) is 11.6 Å². The first kappa shape index (κ1) is 28.7. The molecule has 1 aliphatic rings. The molecule has 0 unspecified atom stereocenters. The maximum Gasteiger partial charge on any atom is 0.252 e. The number of carbonyl (C=O) groups excluding carboxylic acids is 1. The number of hydroxylamine groups is 2. The molecule has 0 radical (unpaired) electrons. The molecule has 7 nitrogen and oxygen atoms in total. The molecule has 1 amide bonds. The van der Waals surface area contributed by atoms with Crippen molar-refractivity contribution in [2.45, 2.75) is 38.3 Å². The van der Waals surface area contributed by atoms with Crippen LogP contribution in [-0.2, 0) is 32.7 Å². The molecule has 1 aliphatic carbocycles. The summed E-state index contributed by atoms with van der Waals surface area (Å²) in [6.07, 6.45) is 2.42. The van der Waals surface area contributed by atoms with Gasteiger partial charge in [0.25, 0.3) is 5.91 Å². The third kappa shape index (κ3) is 6.81. The van der Waals surface area contributed by atoms with Crippen molar-refractivity contribution in [2.24, 2.45) is 5.41 Å². The molecule has 0 spiro atoms. The zero-order valence-electron chi connectivity index (χ0n) is 22.1. The second kappa shape index (κ2) is 11.8. The monoisotopic (exact) mass is 558 g/mol. The fourth-order valence-electron chi connectivity index (χ4n) is 5.25. The van der Waals surface area contributed by atoms with Crippen molar-refractivity contribution in [2.75, 3.05) is 20.4 Å². The van der Waals surface area contributed by atoms with E-state index in [-0.39, 0.29) is 42.2 Å². The van der Waals surface area contributed by atoms with Gasteiger partial charge in [-0.1, -0.05) is 48.5 Å². The molecule has 0 aliphatic heterocycles. The van der Waals surface area contributed by atoms with E-state index >= 15 is 4.39 Å². The third-order valence-electron chi connectivity index (χ3n) is 7.06. The van der Waals surface area contributed by atoms with Crippen LogP contribution in [0.2, 0.25) is 0 Å². The number of hydrogen-bond donors (Lipinski definition) is 1. The highest BCUT2D eigenvalue weighted by atomic mass is 32.2. The summed E-state index contributed by atoms with van der Waals surface area (Å²) in [5.41, 5.74) is 0.894. The smallest absolute Gasteiger partial charge is 0.252 e. The van der Waals surface area contributed by atoms with Crippen LogP contribution >= 0.6 is 0 Å². The highest BCUT2D eigenvalue weighted by Gasteiger charge is 2.47. The van der Waals surface area contributed by atoms with Crippen molar-refractivity contribution in [1.29, 1.82) is 0 Å². The number of ether oxygens (including phenoxy) is 1. The van der Waals surface area contributed by atoms with Gasteiger partial charge in [-0.3, -0.25) is 9.63 Å². The predicted molar refractivity (Wildman–Crippen MR) is 144 cm³/mol. The van der Waals surface area contributed by atoms with E-state index in [9.17, 15) is 17.6 Å². The minimum absolute atomic E-state index is 0.0689. The Kier molecular flexibility index (Phi) is 8.68. The van der Waals surface area contributed by atoms with E-state index in [1.54, 1.807) is 18.2 Å². The number of carbonyl (C=O) groups is 1. The van der Waals surface area contributed by atoms with Crippen LogP contribution in [0.25, 0.3) is 11.1 Å². The Bertz CT molecular complexity index is 1430. The van der Waals surface area contributed by atoms with Gasteiger partial charge in [-0.2, -0.15) is 0 Å². The van der Waals surface area contributed by atoms with Gasteiger partial charge >= 0.3 is 0 Å². The first-order chi connectivity index (χ1) is 18.5. The molecule has 0 bridgehead atoms. The van der Waals surface area contributed by atoms with Crippen LogP contribution in [0.5, 0.6) is 5.75 Å². The lowest BCUT2D eigenvalue weighted by atomic mass is 9.78. The maximum atomic E-state index is 15.2. The largest absolute Gasteiger partial charge is 0.485 e. The van der Waals surface area contributed by atoms with Crippen LogP contribution in [0.4, 0.5) is 8.78 Å². The average molecular weight is 559 g/mol. The molecule has 4 rings (SSSR count). The Morgan fingerprint density at radius 2 is 1.77 bits per heavy atom. The van der Waals surface area contributed by atoms with E-state index in [1.807, 2.05) is 30.3 Å². The molecule has 10 heteroatoms.